The lowest BCUT2D eigenvalue weighted by Gasteiger charge is -2.32. The van der Waals surface area contributed by atoms with Crippen molar-refractivity contribution in [1.82, 2.24) is 9.97 Å². The number of benzene rings is 7. The largest absolute Gasteiger partial charge is 0.456 e. The summed E-state index contributed by atoms with van der Waals surface area (Å²) in [6, 6.07) is 71.8. The van der Waals surface area contributed by atoms with Gasteiger partial charge in [0.2, 0.25) is 0 Å². The van der Waals surface area contributed by atoms with Crippen LogP contribution in [0.1, 0.15) is 22.3 Å². The predicted molar refractivity (Wildman–Crippen MR) is 254 cm³/mol. The fourth-order valence-corrected chi connectivity index (χ4v) is 11.6. The Hall–Kier alpha value is -7.86. The number of rotatable bonds is 6. The van der Waals surface area contributed by atoms with Gasteiger partial charge in [-0.05, 0) is 93.5 Å². The minimum Gasteiger partial charge on any atom is -0.456 e. The highest BCUT2D eigenvalue weighted by Gasteiger charge is 2.56. The fourth-order valence-electron chi connectivity index (χ4n) is 10.3. The van der Waals surface area contributed by atoms with Crippen LogP contribution in [0.3, 0.4) is 0 Å². The maximum atomic E-state index is 6.52. The molecular weight excluding hydrogens is 775 g/mol. The highest BCUT2D eigenvalue weighted by molar-refractivity contribution is 7.19. The normalized spacial score (nSPS) is 14.5. The van der Waals surface area contributed by atoms with E-state index >= 15 is 0 Å². The maximum Gasteiger partial charge on any atom is 0.137 e. The SMILES string of the molecule is c1ccc(-c2ccc(N(c3ccc4c(c3)C3(c5cccnc5-4)c4cccnc4-c4c(-c5ccccc5)sc(-c5ccccc5)c43)c3cccc4oc5ccccc5c34)cc2)cc1. The van der Waals surface area contributed by atoms with E-state index < -0.39 is 5.41 Å². The van der Waals surface area contributed by atoms with Gasteiger partial charge in [-0.15, -0.1) is 11.3 Å². The molecule has 1 spiro atoms. The molecule has 0 N–H and O–H groups in total. The summed E-state index contributed by atoms with van der Waals surface area (Å²) in [6.07, 6.45) is 3.88. The number of nitrogens with zero attached hydrogens (tertiary/aromatic N) is 3. The molecule has 0 amide bonds. The monoisotopic (exact) mass is 809 g/mol. The van der Waals surface area contributed by atoms with E-state index in [0.29, 0.717) is 0 Å². The Morgan fingerprint density at radius 3 is 1.79 bits per heavy atom. The van der Waals surface area contributed by atoms with Crippen LogP contribution in [0.15, 0.2) is 217 Å². The summed E-state index contributed by atoms with van der Waals surface area (Å²) < 4.78 is 6.52. The van der Waals surface area contributed by atoms with E-state index in [2.05, 4.69) is 199 Å². The second kappa shape index (κ2) is 13.6. The first-order valence-electron chi connectivity index (χ1n) is 21.0. The Kier molecular flexibility index (Phi) is 7.66. The van der Waals surface area contributed by atoms with Gasteiger partial charge in [-0.3, -0.25) is 9.97 Å². The van der Waals surface area contributed by atoms with Crippen LogP contribution in [0.4, 0.5) is 17.1 Å². The molecule has 7 aromatic carbocycles. The standard InChI is InChI=1S/C57H35N3OS/c1-4-15-36(16-5-1)37-27-29-40(30-28-37)60(47-24-12-26-49-50(47)43-21-10-11-25-48(43)61-49)41-31-32-42-46(35-41)57(44-22-13-33-58-53(42)44)45-23-14-34-59-54(45)51-52(57)56(39-19-8-3-9-20-39)62-55(51)38-17-6-2-7-18-38/h1-35H. The Labute approximate surface area is 362 Å². The van der Waals surface area contributed by atoms with E-state index in [4.69, 9.17) is 14.4 Å². The number of fused-ring (bicyclic) bond motifs is 13. The molecule has 4 nitrogen and oxygen atoms in total. The average molecular weight is 810 g/mol. The van der Waals surface area contributed by atoms with Gasteiger partial charge in [-0.1, -0.05) is 146 Å². The van der Waals surface area contributed by atoms with Gasteiger partial charge in [0, 0.05) is 55.6 Å². The Morgan fingerprint density at radius 2 is 1.05 bits per heavy atom. The molecule has 1 atom stereocenters. The molecule has 1 unspecified atom stereocenters. The first kappa shape index (κ1) is 34.9. The second-order valence-electron chi connectivity index (χ2n) is 16.0. The molecule has 5 heteroatoms. The van der Waals surface area contributed by atoms with Crippen molar-refractivity contribution in [3.05, 3.63) is 235 Å². The van der Waals surface area contributed by atoms with E-state index in [0.717, 1.165) is 56.0 Å². The molecule has 13 rings (SSSR count). The zero-order valence-corrected chi connectivity index (χ0v) is 34.2. The van der Waals surface area contributed by atoms with Crippen LogP contribution in [0.25, 0.3) is 76.5 Å². The van der Waals surface area contributed by atoms with Crippen molar-refractivity contribution >= 4 is 50.3 Å². The molecule has 11 aromatic rings. The number of aromatic nitrogens is 2. The topological polar surface area (TPSA) is 42.2 Å². The van der Waals surface area contributed by atoms with Crippen molar-refractivity contribution in [1.29, 1.82) is 0 Å². The van der Waals surface area contributed by atoms with Crippen LogP contribution >= 0.6 is 11.3 Å². The third kappa shape index (κ3) is 4.94. The molecule has 0 radical (unpaired) electrons. The van der Waals surface area contributed by atoms with Gasteiger partial charge in [0.15, 0.2) is 0 Å². The van der Waals surface area contributed by atoms with Crippen molar-refractivity contribution < 1.29 is 4.42 Å². The summed E-state index contributed by atoms with van der Waals surface area (Å²) >= 11 is 1.87. The quantitative estimate of drug-likeness (QED) is 0.168. The molecule has 0 bridgehead atoms. The zero-order valence-electron chi connectivity index (χ0n) is 33.4. The number of hydrogen-bond acceptors (Lipinski definition) is 5. The molecular formula is C57H35N3OS. The van der Waals surface area contributed by atoms with Gasteiger partial charge in [0.1, 0.15) is 11.2 Å². The second-order valence-corrected chi connectivity index (χ2v) is 17.0. The average Bonchev–Trinajstić information content (AvgIpc) is 4.09. The first-order chi connectivity index (χ1) is 30.8. The first-order valence-corrected chi connectivity index (χ1v) is 21.8. The maximum absolute atomic E-state index is 6.52. The van der Waals surface area contributed by atoms with Gasteiger partial charge in [0.25, 0.3) is 0 Å². The van der Waals surface area contributed by atoms with E-state index in [-0.39, 0.29) is 0 Å². The van der Waals surface area contributed by atoms with Crippen molar-refractivity contribution in [3.63, 3.8) is 0 Å². The smallest absolute Gasteiger partial charge is 0.137 e. The third-order valence-electron chi connectivity index (χ3n) is 12.8. The minimum absolute atomic E-state index is 0.695. The molecule has 4 heterocycles. The lowest BCUT2D eigenvalue weighted by atomic mass is 9.70. The van der Waals surface area contributed by atoms with Crippen LogP contribution < -0.4 is 4.90 Å². The van der Waals surface area contributed by atoms with Crippen molar-refractivity contribution in [3.8, 4) is 54.5 Å². The third-order valence-corrected chi connectivity index (χ3v) is 14.1. The summed E-state index contributed by atoms with van der Waals surface area (Å²) in [5.74, 6) is 0. The molecule has 0 fully saturated rings. The highest BCUT2D eigenvalue weighted by atomic mass is 32.1. The molecule has 2 aliphatic rings. The molecule has 290 valence electrons. The van der Waals surface area contributed by atoms with Crippen molar-refractivity contribution in [2.24, 2.45) is 0 Å². The summed E-state index contributed by atoms with van der Waals surface area (Å²) in [4.78, 5) is 15.3. The van der Waals surface area contributed by atoms with Gasteiger partial charge < -0.3 is 9.32 Å². The molecule has 62 heavy (non-hydrogen) atoms. The number of thiophene rings is 1. The van der Waals surface area contributed by atoms with Crippen LogP contribution in [0.5, 0.6) is 0 Å². The van der Waals surface area contributed by atoms with Crippen LogP contribution in [0, 0.1) is 0 Å². The number of pyridine rings is 2. The van der Waals surface area contributed by atoms with Crippen molar-refractivity contribution in [2.45, 2.75) is 5.41 Å². The molecule has 0 saturated carbocycles. The lowest BCUT2D eigenvalue weighted by molar-refractivity contribution is 0.669. The van der Waals surface area contributed by atoms with Gasteiger partial charge in [-0.25, -0.2) is 0 Å². The van der Waals surface area contributed by atoms with E-state index in [1.165, 1.54) is 59.8 Å². The zero-order chi connectivity index (χ0) is 40.8. The van der Waals surface area contributed by atoms with Gasteiger partial charge in [-0.2, -0.15) is 0 Å². The fraction of sp³-hybridized carbons (Fsp3) is 0.0175. The molecule has 0 saturated heterocycles. The van der Waals surface area contributed by atoms with Gasteiger partial charge >= 0.3 is 0 Å². The summed E-state index contributed by atoms with van der Waals surface area (Å²) in [6.45, 7) is 0. The van der Waals surface area contributed by atoms with E-state index in [1.807, 2.05) is 29.8 Å². The molecule has 2 aliphatic carbocycles. The molecule has 0 aliphatic heterocycles. The predicted octanol–water partition coefficient (Wildman–Crippen LogP) is 15.3. The number of hydrogen-bond donors (Lipinski definition) is 0. The summed E-state index contributed by atoms with van der Waals surface area (Å²) in [5.41, 5.74) is 18.1. The summed E-state index contributed by atoms with van der Waals surface area (Å²) in [5, 5.41) is 2.16. The van der Waals surface area contributed by atoms with Gasteiger partial charge in [0.05, 0.1) is 27.9 Å². The summed E-state index contributed by atoms with van der Waals surface area (Å²) in [7, 11) is 0. The minimum atomic E-state index is -0.695. The van der Waals surface area contributed by atoms with E-state index in [1.54, 1.807) is 0 Å². The Balaban J connectivity index is 1.12. The Bertz CT molecular complexity index is 3520. The van der Waals surface area contributed by atoms with Crippen LogP contribution in [-0.4, -0.2) is 9.97 Å². The van der Waals surface area contributed by atoms with Crippen LogP contribution in [-0.2, 0) is 5.41 Å². The lowest BCUT2D eigenvalue weighted by Crippen LogP contribution is -2.26. The molecule has 4 aromatic heterocycles. The number of para-hydroxylation sites is 1. The van der Waals surface area contributed by atoms with Crippen LogP contribution in [0.2, 0.25) is 0 Å². The van der Waals surface area contributed by atoms with E-state index in [9.17, 15) is 0 Å². The number of anilines is 3. The Morgan fingerprint density at radius 1 is 0.452 bits per heavy atom. The highest BCUT2D eigenvalue weighted by Crippen LogP contribution is 2.67. The number of furan rings is 1. The van der Waals surface area contributed by atoms with Crippen molar-refractivity contribution in [2.75, 3.05) is 4.90 Å².